The molecular weight excluding hydrogens is 420 g/mol. The van der Waals surface area contributed by atoms with E-state index in [1.807, 2.05) is 25.1 Å². The fourth-order valence-electron chi connectivity index (χ4n) is 3.07. The van der Waals surface area contributed by atoms with Crippen molar-refractivity contribution in [3.8, 4) is 0 Å². The van der Waals surface area contributed by atoms with E-state index in [4.69, 9.17) is 0 Å². The minimum atomic E-state index is -4.06. The van der Waals surface area contributed by atoms with Gasteiger partial charge in [0.2, 0.25) is 15.9 Å². The lowest BCUT2D eigenvalue weighted by molar-refractivity contribution is -0.117. The van der Waals surface area contributed by atoms with Crippen LogP contribution in [0.2, 0.25) is 0 Å². The number of hydrogen-bond donors (Lipinski definition) is 2. The molecule has 0 aliphatic heterocycles. The first-order valence-corrected chi connectivity index (χ1v) is 11.3. The van der Waals surface area contributed by atoms with E-state index in [9.17, 15) is 13.2 Å². The molecule has 30 heavy (non-hydrogen) atoms. The molecule has 9 heteroatoms. The highest BCUT2D eigenvalue weighted by atomic mass is 32.2. The number of carbonyl (C=O) groups excluding carboxylic acids is 1. The highest BCUT2D eigenvalue weighted by Crippen LogP contribution is 2.24. The van der Waals surface area contributed by atoms with Crippen molar-refractivity contribution < 1.29 is 13.2 Å². The second-order valence-electron chi connectivity index (χ2n) is 6.71. The largest absolute Gasteiger partial charge is 0.324 e. The molecule has 1 heterocycles. The van der Waals surface area contributed by atoms with E-state index in [2.05, 4.69) is 18.8 Å². The third kappa shape index (κ3) is 4.23. The Kier molecular flexibility index (Phi) is 5.58. The van der Waals surface area contributed by atoms with Crippen LogP contribution in [0.15, 0.2) is 77.7 Å². The van der Waals surface area contributed by atoms with Crippen molar-refractivity contribution >= 4 is 44.4 Å². The monoisotopic (exact) mass is 438 g/mol. The van der Waals surface area contributed by atoms with E-state index < -0.39 is 22.0 Å². The van der Waals surface area contributed by atoms with Gasteiger partial charge in [-0.1, -0.05) is 48.5 Å². The zero-order chi connectivity index (χ0) is 21.1. The molecule has 0 fully saturated rings. The van der Waals surface area contributed by atoms with Gasteiger partial charge in [-0.15, -0.1) is 0 Å². The summed E-state index contributed by atoms with van der Waals surface area (Å²) >= 11 is 0.936. The fourth-order valence-corrected chi connectivity index (χ4v) is 5.02. The molecular formula is C21H18N4O3S2. The predicted octanol–water partition coefficient (Wildman–Crippen LogP) is 3.66. The van der Waals surface area contributed by atoms with Crippen molar-refractivity contribution in [2.24, 2.45) is 0 Å². The molecule has 1 amide bonds. The Morgan fingerprint density at radius 1 is 0.967 bits per heavy atom. The summed E-state index contributed by atoms with van der Waals surface area (Å²) in [6, 6.07) is 19.6. The molecule has 0 aliphatic rings. The molecule has 7 nitrogen and oxygen atoms in total. The van der Waals surface area contributed by atoms with Gasteiger partial charge in [-0.25, -0.2) is 8.42 Å². The average molecular weight is 439 g/mol. The zero-order valence-electron chi connectivity index (χ0n) is 15.9. The first-order valence-electron chi connectivity index (χ1n) is 9.10. The molecule has 4 rings (SSSR count). The fraction of sp³-hybridized carbons (Fsp3) is 0.0952. The first kappa shape index (κ1) is 20.1. The van der Waals surface area contributed by atoms with E-state index in [1.54, 1.807) is 48.5 Å². The van der Waals surface area contributed by atoms with Crippen LogP contribution in [-0.4, -0.2) is 23.1 Å². The number of rotatable bonds is 6. The number of hydrogen-bond acceptors (Lipinski definition) is 6. The third-order valence-corrected chi connectivity index (χ3v) is 6.49. The molecule has 0 bridgehead atoms. The van der Waals surface area contributed by atoms with Gasteiger partial charge in [0, 0.05) is 5.69 Å². The Morgan fingerprint density at radius 3 is 2.50 bits per heavy atom. The predicted molar refractivity (Wildman–Crippen MR) is 117 cm³/mol. The van der Waals surface area contributed by atoms with Crippen LogP contribution in [0.4, 0.5) is 5.69 Å². The Balaban J connectivity index is 1.70. The van der Waals surface area contributed by atoms with Gasteiger partial charge in [0.25, 0.3) is 0 Å². The Morgan fingerprint density at radius 2 is 1.73 bits per heavy atom. The smallest absolute Gasteiger partial charge is 0.247 e. The molecule has 4 aromatic rings. The van der Waals surface area contributed by atoms with Crippen molar-refractivity contribution in [3.05, 3.63) is 83.9 Å². The zero-order valence-corrected chi connectivity index (χ0v) is 17.6. The lowest BCUT2D eigenvalue weighted by Gasteiger charge is -2.19. The van der Waals surface area contributed by atoms with Crippen LogP contribution in [0.1, 0.15) is 17.2 Å². The SMILES string of the molecule is Cc1cccc(NC(=O)C(NS(=O)(=O)c2cccc3nsnc23)c2ccccc2)c1. The summed E-state index contributed by atoms with van der Waals surface area (Å²) in [5.41, 5.74) is 2.86. The maximum atomic E-state index is 13.2. The molecule has 1 aromatic heterocycles. The van der Waals surface area contributed by atoms with Crippen LogP contribution < -0.4 is 10.0 Å². The maximum Gasteiger partial charge on any atom is 0.247 e. The number of nitrogens with one attached hydrogen (secondary N) is 2. The molecule has 0 saturated carbocycles. The topological polar surface area (TPSA) is 101 Å². The van der Waals surface area contributed by atoms with Gasteiger partial charge in [-0.2, -0.15) is 13.5 Å². The summed E-state index contributed by atoms with van der Waals surface area (Å²) in [6.07, 6.45) is 0. The maximum absolute atomic E-state index is 13.2. The molecule has 0 saturated heterocycles. The minimum absolute atomic E-state index is 0.0157. The Labute approximate surface area is 178 Å². The van der Waals surface area contributed by atoms with Gasteiger partial charge < -0.3 is 5.32 Å². The van der Waals surface area contributed by atoms with Gasteiger partial charge in [0.15, 0.2) is 0 Å². The number of sulfonamides is 1. The number of carbonyl (C=O) groups is 1. The van der Waals surface area contributed by atoms with E-state index in [0.717, 1.165) is 17.3 Å². The number of nitrogens with zero attached hydrogens (tertiary/aromatic N) is 2. The third-order valence-electron chi connectivity index (χ3n) is 4.49. The van der Waals surface area contributed by atoms with Crippen LogP contribution in [0.25, 0.3) is 11.0 Å². The number of aryl methyl sites for hydroxylation is 1. The summed E-state index contributed by atoms with van der Waals surface area (Å²) in [5, 5.41) is 2.80. The molecule has 2 N–H and O–H groups in total. The van der Waals surface area contributed by atoms with Crippen LogP contribution >= 0.6 is 11.7 Å². The van der Waals surface area contributed by atoms with Crippen molar-refractivity contribution in [1.29, 1.82) is 0 Å². The molecule has 1 unspecified atom stereocenters. The summed E-state index contributed by atoms with van der Waals surface area (Å²) < 4.78 is 37.1. The average Bonchev–Trinajstić information content (AvgIpc) is 3.21. The van der Waals surface area contributed by atoms with Gasteiger partial charge in [0.1, 0.15) is 22.0 Å². The summed E-state index contributed by atoms with van der Waals surface area (Å²) in [6.45, 7) is 1.91. The number of aromatic nitrogens is 2. The van der Waals surface area contributed by atoms with Crippen LogP contribution in [0, 0.1) is 6.92 Å². The van der Waals surface area contributed by atoms with Gasteiger partial charge in [-0.3, -0.25) is 4.79 Å². The highest BCUT2D eigenvalue weighted by Gasteiger charge is 2.29. The minimum Gasteiger partial charge on any atom is -0.324 e. The van der Waals surface area contributed by atoms with Crippen LogP contribution in [0.3, 0.4) is 0 Å². The Hall–Kier alpha value is -3.14. The first-order chi connectivity index (χ1) is 14.4. The second-order valence-corrected chi connectivity index (χ2v) is 8.92. The molecule has 0 spiro atoms. The molecule has 1 atom stereocenters. The highest BCUT2D eigenvalue weighted by molar-refractivity contribution is 7.89. The number of fused-ring (bicyclic) bond motifs is 1. The lowest BCUT2D eigenvalue weighted by Crippen LogP contribution is -2.37. The van der Waals surface area contributed by atoms with Gasteiger partial charge in [-0.05, 0) is 42.3 Å². The van der Waals surface area contributed by atoms with Crippen molar-refractivity contribution in [1.82, 2.24) is 13.5 Å². The van der Waals surface area contributed by atoms with Crippen LogP contribution in [0.5, 0.6) is 0 Å². The number of amides is 1. The molecule has 152 valence electrons. The van der Waals surface area contributed by atoms with Crippen molar-refractivity contribution in [2.75, 3.05) is 5.32 Å². The van der Waals surface area contributed by atoms with Crippen molar-refractivity contribution in [3.63, 3.8) is 0 Å². The van der Waals surface area contributed by atoms with Crippen molar-refractivity contribution in [2.45, 2.75) is 17.9 Å². The molecule has 3 aromatic carbocycles. The van der Waals surface area contributed by atoms with Crippen LogP contribution in [-0.2, 0) is 14.8 Å². The quantitative estimate of drug-likeness (QED) is 0.478. The molecule has 0 aliphatic carbocycles. The van der Waals surface area contributed by atoms with E-state index >= 15 is 0 Å². The normalized spacial score (nSPS) is 12.6. The van der Waals surface area contributed by atoms with E-state index in [-0.39, 0.29) is 10.4 Å². The second kappa shape index (κ2) is 8.31. The summed E-state index contributed by atoms with van der Waals surface area (Å²) in [7, 11) is -4.06. The van der Waals surface area contributed by atoms with E-state index in [1.165, 1.54) is 6.07 Å². The lowest BCUT2D eigenvalue weighted by atomic mass is 10.1. The van der Waals surface area contributed by atoms with Gasteiger partial charge >= 0.3 is 0 Å². The van der Waals surface area contributed by atoms with Gasteiger partial charge in [0.05, 0.1) is 11.7 Å². The Bertz CT molecular complexity index is 1300. The van der Waals surface area contributed by atoms with E-state index in [0.29, 0.717) is 16.8 Å². The standard InChI is InChI=1S/C21H18N4O3S2/c1-14-7-5-10-16(13-14)22-21(26)19(15-8-3-2-4-9-15)25-30(27,28)18-12-6-11-17-20(18)24-29-23-17/h2-13,19,25H,1H3,(H,22,26). The number of anilines is 1. The summed E-state index contributed by atoms with van der Waals surface area (Å²) in [5.74, 6) is -0.487. The molecule has 0 radical (unpaired) electrons. The number of benzene rings is 3. The summed E-state index contributed by atoms with van der Waals surface area (Å²) in [4.78, 5) is 13.1.